The van der Waals surface area contributed by atoms with Gasteiger partial charge < -0.3 is 5.32 Å². The average Bonchev–Trinajstić information content (AvgIpc) is 2.52. The van der Waals surface area contributed by atoms with Crippen molar-refractivity contribution in [2.45, 2.75) is 0 Å². The van der Waals surface area contributed by atoms with Crippen molar-refractivity contribution in [1.29, 1.82) is 10.5 Å². The van der Waals surface area contributed by atoms with Crippen molar-refractivity contribution in [2.75, 3.05) is 12.3 Å². The molecule has 0 spiro atoms. The zero-order chi connectivity index (χ0) is 8.10. The highest BCUT2D eigenvalue weighted by atomic mass is 32.2. The summed E-state index contributed by atoms with van der Waals surface area (Å²) in [5, 5.41) is 20.9. The fourth-order valence-electron chi connectivity index (χ4n) is 0.748. The van der Waals surface area contributed by atoms with Crippen molar-refractivity contribution in [3.05, 3.63) is 11.1 Å². The van der Waals surface area contributed by atoms with Crippen molar-refractivity contribution in [1.82, 2.24) is 5.32 Å². The number of rotatable bonds is 1. The lowest BCUT2D eigenvalue weighted by molar-refractivity contribution is 0.929. The van der Waals surface area contributed by atoms with Gasteiger partial charge in [0.05, 0.1) is 17.2 Å². The molecule has 11 heavy (non-hydrogen) atoms. The lowest BCUT2D eigenvalue weighted by Crippen LogP contribution is -2.05. The second-order valence-electron chi connectivity index (χ2n) is 2.04. The number of hydrogen-bond donors (Lipinski definition) is 1. The average molecular weight is 165 g/mol. The largest absolute Gasteiger partial charge is 0.379 e. The number of thioether (sulfide) groups is 1. The molecular weight excluding hydrogens is 158 g/mol. The molecule has 0 bridgehead atoms. The van der Waals surface area contributed by atoms with Gasteiger partial charge in [0.1, 0.15) is 0 Å². The SMILES string of the molecule is N#CC(C#N)C=C1NCCS1. The molecule has 1 aliphatic rings. The standard InChI is InChI=1S/C7H7N3S/c8-4-6(5-9)3-7-10-1-2-11-7/h3,6,10H,1-2H2. The molecule has 3 nitrogen and oxygen atoms in total. The predicted molar refractivity (Wildman–Crippen MR) is 43.3 cm³/mol. The maximum atomic E-state index is 8.43. The van der Waals surface area contributed by atoms with Gasteiger partial charge in [-0.25, -0.2) is 0 Å². The van der Waals surface area contributed by atoms with Crippen molar-refractivity contribution >= 4 is 11.8 Å². The molecule has 1 aliphatic heterocycles. The van der Waals surface area contributed by atoms with E-state index < -0.39 is 5.92 Å². The van der Waals surface area contributed by atoms with Gasteiger partial charge in [0, 0.05) is 12.3 Å². The number of nitrogens with zero attached hydrogens (tertiary/aromatic N) is 2. The van der Waals surface area contributed by atoms with Crippen LogP contribution in [-0.4, -0.2) is 12.3 Å². The molecule has 1 fully saturated rings. The Labute approximate surface area is 69.7 Å². The molecule has 0 aromatic heterocycles. The number of hydrogen-bond acceptors (Lipinski definition) is 4. The molecule has 1 heterocycles. The van der Waals surface area contributed by atoms with Crippen LogP contribution in [0.4, 0.5) is 0 Å². The van der Waals surface area contributed by atoms with E-state index >= 15 is 0 Å². The van der Waals surface area contributed by atoms with Crippen molar-refractivity contribution < 1.29 is 0 Å². The van der Waals surface area contributed by atoms with E-state index in [4.69, 9.17) is 10.5 Å². The van der Waals surface area contributed by atoms with Gasteiger partial charge in [-0.1, -0.05) is 0 Å². The van der Waals surface area contributed by atoms with E-state index in [1.54, 1.807) is 17.8 Å². The van der Waals surface area contributed by atoms with Gasteiger partial charge in [0.25, 0.3) is 0 Å². The first-order chi connectivity index (χ1) is 5.36. The normalized spacial score (nSPS) is 19.4. The van der Waals surface area contributed by atoms with E-state index in [-0.39, 0.29) is 0 Å². The summed E-state index contributed by atoms with van der Waals surface area (Å²) in [4.78, 5) is 0. The van der Waals surface area contributed by atoms with E-state index in [0.717, 1.165) is 17.3 Å². The quantitative estimate of drug-likeness (QED) is 0.625. The van der Waals surface area contributed by atoms with E-state index in [0.29, 0.717) is 0 Å². The van der Waals surface area contributed by atoms with Crippen molar-refractivity contribution in [3.63, 3.8) is 0 Å². The molecule has 0 aliphatic carbocycles. The minimum atomic E-state index is -0.608. The molecule has 0 atom stereocenters. The van der Waals surface area contributed by atoms with Gasteiger partial charge in [-0.2, -0.15) is 10.5 Å². The molecule has 56 valence electrons. The molecule has 0 saturated carbocycles. The van der Waals surface area contributed by atoms with Crippen LogP contribution >= 0.6 is 11.8 Å². The molecule has 0 unspecified atom stereocenters. The smallest absolute Gasteiger partial charge is 0.154 e. The Bertz CT molecular complexity index is 223. The summed E-state index contributed by atoms with van der Waals surface area (Å²) in [7, 11) is 0. The summed E-state index contributed by atoms with van der Waals surface area (Å²) in [6.45, 7) is 0.931. The number of nitrogens with one attached hydrogen (secondary N) is 1. The molecule has 0 radical (unpaired) electrons. The maximum Gasteiger partial charge on any atom is 0.154 e. The first-order valence-corrected chi connectivity index (χ1v) is 4.23. The molecule has 0 aromatic rings. The molecule has 4 heteroatoms. The number of allylic oxidation sites excluding steroid dienone is 1. The fourth-order valence-corrected chi connectivity index (χ4v) is 1.61. The highest BCUT2D eigenvalue weighted by Gasteiger charge is 2.08. The monoisotopic (exact) mass is 165 g/mol. The molecule has 0 aromatic carbocycles. The third kappa shape index (κ3) is 2.18. The van der Waals surface area contributed by atoms with E-state index in [2.05, 4.69) is 5.32 Å². The Morgan fingerprint density at radius 2 is 2.27 bits per heavy atom. The minimum absolute atomic E-state index is 0.608. The van der Waals surface area contributed by atoms with Gasteiger partial charge in [-0.3, -0.25) is 0 Å². The predicted octanol–water partition coefficient (Wildman–Crippen LogP) is 0.828. The molecule has 1 N–H and O–H groups in total. The van der Waals surface area contributed by atoms with Gasteiger partial charge in [0.2, 0.25) is 0 Å². The zero-order valence-electron chi connectivity index (χ0n) is 5.87. The van der Waals surface area contributed by atoms with Gasteiger partial charge >= 0.3 is 0 Å². The van der Waals surface area contributed by atoms with E-state index in [1.165, 1.54) is 0 Å². The van der Waals surface area contributed by atoms with Crippen molar-refractivity contribution in [3.8, 4) is 12.1 Å². The third-order valence-corrected chi connectivity index (χ3v) is 2.25. The molecule has 1 saturated heterocycles. The van der Waals surface area contributed by atoms with Crippen LogP contribution in [0.5, 0.6) is 0 Å². The first-order valence-electron chi connectivity index (χ1n) is 3.24. The second-order valence-corrected chi connectivity index (χ2v) is 3.18. The van der Waals surface area contributed by atoms with Crippen LogP contribution in [0.2, 0.25) is 0 Å². The van der Waals surface area contributed by atoms with Crippen LogP contribution in [0, 0.1) is 28.6 Å². The summed E-state index contributed by atoms with van der Waals surface area (Å²) in [5.41, 5.74) is 0. The summed E-state index contributed by atoms with van der Waals surface area (Å²) in [5.74, 6) is 0.415. The van der Waals surface area contributed by atoms with Crippen LogP contribution < -0.4 is 5.32 Å². The highest BCUT2D eigenvalue weighted by Crippen LogP contribution is 2.18. The van der Waals surface area contributed by atoms with Crippen LogP contribution in [-0.2, 0) is 0 Å². The second kappa shape index (κ2) is 3.90. The first kappa shape index (κ1) is 7.97. The molecule has 0 amide bonds. The number of nitriles is 2. The highest BCUT2D eigenvalue weighted by molar-refractivity contribution is 8.03. The zero-order valence-corrected chi connectivity index (χ0v) is 6.69. The Hall–Kier alpha value is -1.13. The Morgan fingerprint density at radius 1 is 1.55 bits per heavy atom. The van der Waals surface area contributed by atoms with Crippen LogP contribution in [0.25, 0.3) is 0 Å². The maximum absolute atomic E-state index is 8.43. The molecule has 1 rings (SSSR count). The summed E-state index contributed by atoms with van der Waals surface area (Å²) in [6, 6.07) is 3.78. The third-order valence-electron chi connectivity index (χ3n) is 1.26. The van der Waals surface area contributed by atoms with Crippen LogP contribution in [0.1, 0.15) is 0 Å². The lowest BCUT2D eigenvalue weighted by atomic mass is 10.2. The fraction of sp³-hybridized carbons (Fsp3) is 0.429. The van der Waals surface area contributed by atoms with Crippen molar-refractivity contribution in [2.24, 2.45) is 5.92 Å². The Balaban J connectivity index is 2.57. The van der Waals surface area contributed by atoms with Crippen LogP contribution in [0.3, 0.4) is 0 Å². The Kier molecular flexibility index (Phi) is 2.83. The summed E-state index contributed by atoms with van der Waals surface area (Å²) < 4.78 is 0. The van der Waals surface area contributed by atoms with Gasteiger partial charge in [0.15, 0.2) is 5.92 Å². The summed E-state index contributed by atoms with van der Waals surface area (Å²) in [6.07, 6.45) is 1.66. The topological polar surface area (TPSA) is 59.6 Å². The lowest BCUT2D eigenvalue weighted by Gasteiger charge is -1.95. The van der Waals surface area contributed by atoms with Gasteiger partial charge in [-0.05, 0) is 6.08 Å². The molecular formula is C7H7N3S. The van der Waals surface area contributed by atoms with Gasteiger partial charge in [-0.15, -0.1) is 11.8 Å². The van der Waals surface area contributed by atoms with E-state index in [1.807, 2.05) is 12.1 Å². The summed E-state index contributed by atoms with van der Waals surface area (Å²) >= 11 is 1.65. The van der Waals surface area contributed by atoms with E-state index in [9.17, 15) is 0 Å². The minimum Gasteiger partial charge on any atom is -0.379 e. The van der Waals surface area contributed by atoms with Crippen LogP contribution in [0.15, 0.2) is 11.1 Å². The Morgan fingerprint density at radius 3 is 2.73 bits per heavy atom.